The Morgan fingerprint density at radius 3 is 2.38 bits per heavy atom. The van der Waals surface area contributed by atoms with Crippen LogP contribution in [0.15, 0.2) is 53.7 Å². The van der Waals surface area contributed by atoms with Crippen LogP contribution < -0.4 is 10.1 Å². The summed E-state index contributed by atoms with van der Waals surface area (Å²) in [5.41, 5.74) is 2.15. The summed E-state index contributed by atoms with van der Waals surface area (Å²) < 4.78 is 10.7. The minimum Gasteiger partial charge on any atom is -0.497 e. The lowest BCUT2D eigenvalue weighted by molar-refractivity contribution is -0.139. The van der Waals surface area contributed by atoms with E-state index in [2.05, 4.69) is 10.2 Å². The van der Waals surface area contributed by atoms with Crippen molar-refractivity contribution in [1.82, 2.24) is 20.0 Å². The lowest BCUT2D eigenvalue weighted by atomic mass is 9.94. The molecule has 2 heterocycles. The van der Waals surface area contributed by atoms with Gasteiger partial charge in [-0.2, -0.15) is 0 Å². The molecule has 0 unspecified atom stereocenters. The van der Waals surface area contributed by atoms with E-state index in [1.54, 1.807) is 61.4 Å². The highest BCUT2D eigenvalue weighted by atomic mass is 35.5. The van der Waals surface area contributed by atoms with E-state index < -0.39 is 12.0 Å². The third-order valence-electron chi connectivity index (χ3n) is 7.21. The second kappa shape index (κ2) is 12.9. The summed E-state index contributed by atoms with van der Waals surface area (Å²) in [4.78, 5) is 45.4. The van der Waals surface area contributed by atoms with Crippen molar-refractivity contribution in [3.05, 3.63) is 74.9 Å². The Morgan fingerprint density at radius 2 is 1.77 bits per heavy atom. The molecule has 214 valence electrons. The molecule has 0 spiro atoms. The zero-order valence-electron chi connectivity index (χ0n) is 23.1. The maximum atomic E-state index is 13.4. The van der Waals surface area contributed by atoms with Gasteiger partial charge in [-0.15, -0.1) is 0 Å². The number of esters is 1. The van der Waals surface area contributed by atoms with Gasteiger partial charge in [-0.25, -0.2) is 9.59 Å². The van der Waals surface area contributed by atoms with Gasteiger partial charge in [-0.1, -0.05) is 29.3 Å². The third-order valence-corrected chi connectivity index (χ3v) is 7.95. The fraction of sp³-hybridized carbons (Fsp3) is 0.414. The van der Waals surface area contributed by atoms with Gasteiger partial charge in [0.2, 0.25) is 0 Å². The van der Waals surface area contributed by atoms with E-state index >= 15 is 0 Å². The topological polar surface area (TPSA) is 91.4 Å². The fourth-order valence-corrected chi connectivity index (χ4v) is 5.50. The normalized spacial score (nSPS) is 19.9. The van der Waals surface area contributed by atoms with Crippen molar-refractivity contribution >= 4 is 41.1 Å². The predicted octanol–water partition coefficient (Wildman–Crippen LogP) is 4.75. The molecule has 0 saturated carbocycles. The van der Waals surface area contributed by atoms with Gasteiger partial charge in [0.25, 0.3) is 5.91 Å². The zero-order valence-corrected chi connectivity index (χ0v) is 24.6. The van der Waals surface area contributed by atoms with Crippen LogP contribution in [0.5, 0.6) is 5.75 Å². The molecule has 11 heteroatoms. The van der Waals surface area contributed by atoms with E-state index in [4.69, 9.17) is 32.7 Å². The van der Waals surface area contributed by atoms with Crippen LogP contribution in [0.3, 0.4) is 0 Å². The molecule has 1 fully saturated rings. The molecule has 1 saturated heterocycles. The minimum atomic E-state index is -0.755. The van der Waals surface area contributed by atoms with Crippen LogP contribution in [0.25, 0.3) is 0 Å². The molecular formula is C29H34Cl2N4O5. The van der Waals surface area contributed by atoms with Gasteiger partial charge < -0.3 is 19.7 Å². The number of nitrogens with zero attached hydrogens (tertiary/aromatic N) is 3. The van der Waals surface area contributed by atoms with Crippen LogP contribution in [0.2, 0.25) is 10.0 Å². The Morgan fingerprint density at radius 1 is 1.05 bits per heavy atom. The summed E-state index contributed by atoms with van der Waals surface area (Å²) in [6.07, 6.45) is 0. The van der Waals surface area contributed by atoms with Gasteiger partial charge in [0, 0.05) is 50.0 Å². The molecule has 0 bridgehead atoms. The van der Waals surface area contributed by atoms with Crippen LogP contribution in [-0.2, 0) is 9.53 Å². The van der Waals surface area contributed by atoms with Gasteiger partial charge >= 0.3 is 12.0 Å². The molecule has 3 amide bonds. The average molecular weight is 590 g/mol. The van der Waals surface area contributed by atoms with Gasteiger partial charge in [0.1, 0.15) is 5.75 Å². The minimum absolute atomic E-state index is 0.0480. The molecular weight excluding hydrogens is 555 g/mol. The van der Waals surface area contributed by atoms with Crippen molar-refractivity contribution in [2.45, 2.75) is 32.9 Å². The van der Waals surface area contributed by atoms with Crippen molar-refractivity contribution in [2.75, 3.05) is 46.4 Å². The molecule has 40 heavy (non-hydrogen) atoms. The van der Waals surface area contributed by atoms with Crippen LogP contribution in [0.1, 0.15) is 42.7 Å². The number of ether oxygens (including phenoxy) is 2. The van der Waals surface area contributed by atoms with Crippen LogP contribution >= 0.6 is 23.2 Å². The Kier molecular flexibility index (Phi) is 9.60. The standard InChI is InChI=1S/C29H34Cl2N4O5/c1-5-34-24(17-33-13-14-35(18(3)16-33)27(36)19-7-10-21(39-4)11-8-19)25(28(37)40-6-2)26(32-29(34)38)20-9-12-22(30)23(31)15-20/h7-12,15,18,26H,5-6,13-14,16-17H2,1-4H3,(H,32,38)/t18-,26+/m1/s1. The first-order valence-electron chi connectivity index (χ1n) is 13.3. The molecule has 2 aromatic carbocycles. The molecule has 2 atom stereocenters. The third kappa shape index (κ3) is 6.22. The Hall–Kier alpha value is -3.27. The van der Waals surface area contributed by atoms with E-state index in [0.717, 1.165) is 0 Å². The number of urea groups is 1. The number of piperazine rings is 1. The van der Waals surface area contributed by atoms with Crippen molar-refractivity contribution in [3.8, 4) is 5.75 Å². The number of nitrogens with one attached hydrogen (secondary N) is 1. The second-order valence-electron chi connectivity index (χ2n) is 9.69. The summed E-state index contributed by atoms with van der Waals surface area (Å²) in [6, 6.07) is 10.9. The van der Waals surface area contributed by atoms with E-state index in [9.17, 15) is 14.4 Å². The molecule has 0 aromatic heterocycles. The smallest absolute Gasteiger partial charge is 0.338 e. The molecule has 4 rings (SSSR count). The molecule has 2 aromatic rings. The van der Waals surface area contributed by atoms with E-state index in [1.165, 1.54) is 0 Å². The average Bonchev–Trinajstić information content (AvgIpc) is 2.94. The maximum Gasteiger partial charge on any atom is 0.338 e. The molecule has 2 aliphatic rings. The first kappa shape index (κ1) is 29.7. The SMILES string of the molecule is CCOC(=O)C1=C(CN2CCN(C(=O)c3ccc(OC)cc3)[C@H](C)C2)N(CC)C(=O)N[C@H]1c1ccc(Cl)c(Cl)c1. The van der Waals surface area contributed by atoms with Crippen LogP contribution in [0, 0.1) is 0 Å². The van der Waals surface area contributed by atoms with Crippen molar-refractivity contribution < 1.29 is 23.9 Å². The highest BCUT2D eigenvalue weighted by Crippen LogP contribution is 2.35. The quantitative estimate of drug-likeness (QED) is 0.447. The number of rotatable bonds is 8. The first-order chi connectivity index (χ1) is 19.2. The largest absolute Gasteiger partial charge is 0.497 e. The number of amides is 3. The first-order valence-corrected chi connectivity index (χ1v) is 14.0. The lowest BCUT2D eigenvalue weighted by Crippen LogP contribution is -2.56. The Labute approximate surface area is 244 Å². The van der Waals surface area contributed by atoms with E-state index in [1.807, 2.05) is 18.7 Å². The summed E-state index contributed by atoms with van der Waals surface area (Å²) in [5.74, 6) is 0.137. The number of halogens is 2. The van der Waals surface area contributed by atoms with E-state index in [0.29, 0.717) is 70.9 Å². The van der Waals surface area contributed by atoms with Crippen LogP contribution in [0.4, 0.5) is 4.79 Å². The molecule has 0 aliphatic carbocycles. The number of hydrogen-bond acceptors (Lipinski definition) is 6. The highest BCUT2D eigenvalue weighted by molar-refractivity contribution is 6.42. The van der Waals surface area contributed by atoms with Crippen molar-refractivity contribution in [3.63, 3.8) is 0 Å². The number of methoxy groups -OCH3 is 1. The number of hydrogen-bond donors (Lipinski definition) is 1. The van der Waals surface area contributed by atoms with Gasteiger partial charge in [-0.3, -0.25) is 14.6 Å². The molecule has 1 N–H and O–H groups in total. The Balaban J connectivity index is 1.62. The van der Waals surface area contributed by atoms with Gasteiger partial charge in [-0.05, 0) is 62.7 Å². The zero-order chi connectivity index (χ0) is 29.0. The van der Waals surface area contributed by atoms with E-state index in [-0.39, 0.29) is 24.6 Å². The van der Waals surface area contributed by atoms with Crippen molar-refractivity contribution in [2.24, 2.45) is 0 Å². The maximum absolute atomic E-state index is 13.4. The summed E-state index contributed by atoms with van der Waals surface area (Å²) in [5, 5.41) is 3.64. The molecule has 9 nitrogen and oxygen atoms in total. The number of benzene rings is 2. The van der Waals surface area contributed by atoms with Gasteiger partial charge in [0.15, 0.2) is 0 Å². The fourth-order valence-electron chi connectivity index (χ4n) is 5.19. The molecule has 2 aliphatic heterocycles. The number of likely N-dealkylation sites (N-methyl/N-ethyl adjacent to an activating group) is 1. The summed E-state index contributed by atoms with van der Waals surface area (Å²) in [7, 11) is 1.59. The highest BCUT2D eigenvalue weighted by Gasteiger charge is 2.39. The van der Waals surface area contributed by atoms with Gasteiger partial charge in [0.05, 0.1) is 35.4 Å². The summed E-state index contributed by atoms with van der Waals surface area (Å²) >= 11 is 12.4. The number of carbonyl (C=O) groups is 3. The lowest BCUT2D eigenvalue weighted by Gasteiger charge is -2.43. The second-order valence-corrected chi connectivity index (χ2v) is 10.5. The predicted molar refractivity (Wildman–Crippen MR) is 154 cm³/mol. The van der Waals surface area contributed by atoms with Crippen LogP contribution in [-0.4, -0.2) is 85.1 Å². The molecule has 0 radical (unpaired) electrons. The van der Waals surface area contributed by atoms with Crippen molar-refractivity contribution in [1.29, 1.82) is 0 Å². The Bertz CT molecular complexity index is 1300. The number of carbonyl (C=O) groups excluding carboxylic acids is 3. The monoisotopic (exact) mass is 588 g/mol. The summed E-state index contributed by atoms with van der Waals surface area (Å²) in [6.45, 7) is 8.13.